The fraction of sp³-hybridized carbons (Fsp3) is 0.438. The van der Waals surface area contributed by atoms with Crippen molar-refractivity contribution < 1.29 is 9.26 Å². The van der Waals surface area contributed by atoms with Gasteiger partial charge in [0.15, 0.2) is 0 Å². The highest BCUT2D eigenvalue weighted by Gasteiger charge is 2.11. The minimum atomic E-state index is 0.338. The van der Waals surface area contributed by atoms with Crippen molar-refractivity contribution in [3.63, 3.8) is 0 Å². The number of aryl methyl sites for hydroxylation is 3. The van der Waals surface area contributed by atoms with Crippen LogP contribution >= 0.6 is 0 Å². The molecular weight excluding hydrogens is 252 g/mol. The van der Waals surface area contributed by atoms with Crippen molar-refractivity contribution in [2.45, 2.75) is 40.3 Å². The van der Waals surface area contributed by atoms with E-state index in [0.29, 0.717) is 12.6 Å². The van der Waals surface area contributed by atoms with Crippen LogP contribution in [0.1, 0.15) is 41.1 Å². The summed E-state index contributed by atoms with van der Waals surface area (Å²) in [7, 11) is 1.96. The molecule has 1 N–H and O–H groups in total. The zero-order chi connectivity index (χ0) is 14.7. The average Bonchev–Trinajstić information content (AvgIpc) is 2.76. The maximum atomic E-state index is 5.89. The van der Waals surface area contributed by atoms with Crippen molar-refractivity contribution >= 4 is 0 Å². The predicted molar refractivity (Wildman–Crippen MR) is 79.0 cm³/mol. The van der Waals surface area contributed by atoms with E-state index < -0.39 is 0 Å². The zero-order valence-corrected chi connectivity index (χ0v) is 12.8. The summed E-state index contributed by atoms with van der Waals surface area (Å²) in [6.07, 6.45) is 0. The number of hydrogen-bond donors (Lipinski definition) is 1. The maximum Gasteiger partial charge on any atom is 0.140 e. The lowest BCUT2D eigenvalue weighted by Crippen LogP contribution is -2.12. The molecule has 20 heavy (non-hydrogen) atoms. The second-order valence-corrected chi connectivity index (χ2v) is 5.13. The number of nitrogens with zero attached hydrogens (tertiary/aromatic N) is 1. The third kappa shape index (κ3) is 3.02. The van der Waals surface area contributed by atoms with Crippen LogP contribution in [0.5, 0.6) is 5.75 Å². The van der Waals surface area contributed by atoms with E-state index in [9.17, 15) is 0 Å². The molecule has 1 aromatic carbocycles. The molecule has 0 saturated heterocycles. The van der Waals surface area contributed by atoms with Gasteiger partial charge in [-0.2, -0.15) is 0 Å². The number of ether oxygens (including phenoxy) is 1. The molecule has 108 valence electrons. The van der Waals surface area contributed by atoms with Gasteiger partial charge in [0.05, 0.1) is 11.3 Å². The van der Waals surface area contributed by atoms with Crippen LogP contribution in [0.3, 0.4) is 0 Å². The lowest BCUT2D eigenvalue weighted by molar-refractivity contribution is 0.299. The molecule has 0 aliphatic rings. The first-order valence-corrected chi connectivity index (χ1v) is 6.85. The molecule has 0 spiro atoms. The Morgan fingerprint density at radius 1 is 1.30 bits per heavy atom. The molecule has 1 aromatic heterocycles. The summed E-state index contributed by atoms with van der Waals surface area (Å²) in [5.41, 5.74) is 4.31. The highest BCUT2D eigenvalue weighted by molar-refractivity contribution is 5.37. The maximum absolute atomic E-state index is 5.89. The molecule has 4 nitrogen and oxygen atoms in total. The van der Waals surface area contributed by atoms with Gasteiger partial charge in [-0.1, -0.05) is 17.3 Å². The van der Waals surface area contributed by atoms with Crippen LogP contribution in [0.25, 0.3) is 0 Å². The Hall–Kier alpha value is -1.81. The first-order chi connectivity index (χ1) is 9.52. The third-order valence-electron chi connectivity index (χ3n) is 3.69. The third-order valence-corrected chi connectivity index (χ3v) is 3.69. The first-order valence-electron chi connectivity index (χ1n) is 6.85. The van der Waals surface area contributed by atoms with Crippen molar-refractivity contribution in [2.24, 2.45) is 0 Å². The van der Waals surface area contributed by atoms with Crippen LogP contribution in [0.2, 0.25) is 0 Å². The largest absolute Gasteiger partial charge is 0.488 e. The Morgan fingerprint density at radius 3 is 2.60 bits per heavy atom. The standard InChI is InChI=1S/C16H22N2O2/c1-10-8-14(11(2)17-5)6-7-16(10)19-9-15-12(3)18-20-13(15)4/h6-8,11,17H,9H2,1-5H3. The van der Waals surface area contributed by atoms with Gasteiger partial charge >= 0.3 is 0 Å². The molecule has 1 unspecified atom stereocenters. The van der Waals surface area contributed by atoms with Gasteiger partial charge in [0.25, 0.3) is 0 Å². The summed E-state index contributed by atoms with van der Waals surface area (Å²) in [6.45, 7) is 8.53. The van der Waals surface area contributed by atoms with Crippen LogP contribution in [-0.4, -0.2) is 12.2 Å². The fourth-order valence-electron chi connectivity index (χ4n) is 2.13. The van der Waals surface area contributed by atoms with E-state index in [0.717, 1.165) is 28.3 Å². The van der Waals surface area contributed by atoms with Crippen LogP contribution in [0.4, 0.5) is 0 Å². The van der Waals surface area contributed by atoms with Crippen LogP contribution in [-0.2, 0) is 6.61 Å². The Balaban J connectivity index is 2.11. The predicted octanol–water partition coefficient (Wildman–Crippen LogP) is 3.46. The van der Waals surface area contributed by atoms with Gasteiger partial charge in [0.1, 0.15) is 18.1 Å². The van der Waals surface area contributed by atoms with Crippen molar-refractivity contribution in [1.29, 1.82) is 0 Å². The summed E-state index contributed by atoms with van der Waals surface area (Å²) in [6, 6.07) is 6.61. The molecule has 1 atom stereocenters. The van der Waals surface area contributed by atoms with Crippen LogP contribution in [0.15, 0.2) is 22.7 Å². The van der Waals surface area contributed by atoms with E-state index in [2.05, 4.69) is 36.5 Å². The van der Waals surface area contributed by atoms with E-state index in [-0.39, 0.29) is 0 Å². The molecule has 0 saturated carbocycles. The molecule has 0 radical (unpaired) electrons. The lowest BCUT2D eigenvalue weighted by Gasteiger charge is -2.14. The minimum absolute atomic E-state index is 0.338. The first kappa shape index (κ1) is 14.6. The molecule has 0 amide bonds. The minimum Gasteiger partial charge on any atom is -0.488 e. The van der Waals surface area contributed by atoms with Gasteiger partial charge in [0, 0.05) is 6.04 Å². The number of aromatic nitrogens is 1. The van der Waals surface area contributed by atoms with Crippen LogP contribution in [0, 0.1) is 20.8 Å². The zero-order valence-electron chi connectivity index (χ0n) is 12.8. The molecule has 0 fully saturated rings. The Labute approximate surface area is 120 Å². The smallest absolute Gasteiger partial charge is 0.140 e. The second kappa shape index (κ2) is 6.09. The lowest BCUT2D eigenvalue weighted by atomic mass is 10.1. The van der Waals surface area contributed by atoms with Gasteiger partial charge in [-0.15, -0.1) is 0 Å². The SMILES string of the molecule is CNC(C)c1ccc(OCc2c(C)noc2C)c(C)c1. The normalized spacial score (nSPS) is 12.4. The van der Waals surface area contributed by atoms with Crippen molar-refractivity contribution in [1.82, 2.24) is 10.5 Å². The van der Waals surface area contributed by atoms with Gasteiger partial charge in [-0.25, -0.2) is 0 Å². The molecule has 0 bridgehead atoms. The van der Waals surface area contributed by atoms with E-state index in [1.54, 1.807) is 0 Å². The fourth-order valence-corrected chi connectivity index (χ4v) is 2.13. The molecule has 0 aliphatic carbocycles. The summed E-state index contributed by atoms with van der Waals surface area (Å²) in [5, 5.41) is 7.17. The number of hydrogen-bond acceptors (Lipinski definition) is 4. The molecule has 4 heteroatoms. The number of benzene rings is 1. The van der Waals surface area contributed by atoms with E-state index >= 15 is 0 Å². The highest BCUT2D eigenvalue weighted by atomic mass is 16.5. The van der Waals surface area contributed by atoms with Crippen molar-refractivity contribution in [3.05, 3.63) is 46.3 Å². The Morgan fingerprint density at radius 2 is 2.05 bits per heavy atom. The summed E-state index contributed by atoms with van der Waals surface area (Å²) in [5.74, 6) is 1.72. The molecule has 2 rings (SSSR count). The van der Waals surface area contributed by atoms with E-state index in [1.165, 1.54) is 5.56 Å². The van der Waals surface area contributed by atoms with E-state index in [1.807, 2.05) is 27.0 Å². The van der Waals surface area contributed by atoms with Crippen molar-refractivity contribution in [2.75, 3.05) is 7.05 Å². The summed E-state index contributed by atoms with van der Waals surface area (Å²) in [4.78, 5) is 0. The summed E-state index contributed by atoms with van der Waals surface area (Å²) >= 11 is 0. The van der Waals surface area contributed by atoms with Crippen LogP contribution < -0.4 is 10.1 Å². The van der Waals surface area contributed by atoms with E-state index in [4.69, 9.17) is 9.26 Å². The van der Waals surface area contributed by atoms with Gasteiger partial charge in [-0.3, -0.25) is 0 Å². The Bertz CT molecular complexity index is 571. The molecular formula is C16H22N2O2. The number of rotatable bonds is 5. The molecule has 2 aromatic rings. The summed E-state index contributed by atoms with van der Waals surface area (Å²) < 4.78 is 11.0. The quantitative estimate of drug-likeness (QED) is 0.907. The molecule has 0 aliphatic heterocycles. The monoisotopic (exact) mass is 274 g/mol. The Kier molecular flexibility index (Phi) is 4.45. The topological polar surface area (TPSA) is 47.3 Å². The number of nitrogens with one attached hydrogen (secondary N) is 1. The van der Waals surface area contributed by atoms with Gasteiger partial charge in [0.2, 0.25) is 0 Å². The highest BCUT2D eigenvalue weighted by Crippen LogP contribution is 2.24. The van der Waals surface area contributed by atoms with Gasteiger partial charge < -0.3 is 14.6 Å². The van der Waals surface area contributed by atoms with Crippen molar-refractivity contribution in [3.8, 4) is 5.75 Å². The molecule has 1 heterocycles. The second-order valence-electron chi connectivity index (χ2n) is 5.13. The van der Waals surface area contributed by atoms with Gasteiger partial charge in [-0.05, 0) is 51.9 Å². The average molecular weight is 274 g/mol.